The van der Waals surface area contributed by atoms with E-state index in [4.69, 9.17) is 0 Å². The lowest BCUT2D eigenvalue weighted by molar-refractivity contribution is 0.0955. The molecular formula is C18H23N5O2. The number of nitrogens with zero attached hydrogens (tertiary/aromatic N) is 1. The van der Waals surface area contributed by atoms with Crippen molar-refractivity contribution in [3.05, 3.63) is 46.8 Å². The van der Waals surface area contributed by atoms with E-state index in [0.717, 1.165) is 30.5 Å². The zero-order valence-corrected chi connectivity index (χ0v) is 14.5. The van der Waals surface area contributed by atoms with Crippen molar-refractivity contribution in [3.8, 4) is 0 Å². The Kier molecular flexibility index (Phi) is 5.02. The van der Waals surface area contributed by atoms with E-state index in [2.05, 4.69) is 26.1 Å². The number of aromatic amines is 1. The molecule has 3 amide bonds. The molecule has 7 heteroatoms. The second-order valence-corrected chi connectivity index (χ2v) is 6.30. The molecule has 0 radical (unpaired) electrons. The molecule has 0 saturated carbocycles. The summed E-state index contributed by atoms with van der Waals surface area (Å²) in [7, 11) is 0. The standard InChI is InChI=1S/C18H23N5O2/c1-3-19-17(24)12-5-7-15(11(2)8-12)22-18(25)21-14-6-4-13-10-20-23-16(13)9-14/h5,7-8,10,14H,3-4,6,9H2,1-2H3,(H,19,24)(H,20,23)(H2,21,22,25). The number of urea groups is 1. The Morgan fingerprint density at radius 2 is 2.20 bits per heavy atom. The average Bonchev–Trinajstić information content (AvgIpc) is 3.04. The van der Waals surface area contributed by atoms with Crippen molar-refractivity contribution in [1.29, 1.82) is 0 Å². The van der Waals surface area contributed by atoms with E-state index in [1.54, 1.807) is 18.2 Å². The van der Waals surface area contributed by atoms with Gasteiger partial charge < -0.3 is 16.0 Å². The molecule has 3 rings (SSSR count). The zero-order chi connectivity index (χ0) is 17.8. The van der Waals surface area contributed by atoms with Gasteiger partial charge in [0, 0.05) is 36.0 Å². The Hall–Kier alpha value is -2.83. The normalized spacial score (nSPS) is 16.0. The fourth-order valence-corrected chi connectivity index (χ4v) is 3.08. The van der Waals surface area contributed by atoms with E-state index >= 15 is 0 Å². The van der Waals surface area contributed by atoms with E-state index in [0.29, 0.717) is 17.8 Å². The van der Waals surface area contributed by atoms with Crippen LogP contribution < -0.4 is 16.0 Å². The van der Waals surface area contributed by atoms with Gasteiger partial charge in [-0.25, -0.2) is 4.79 Å². The number of benzene rings is 1. The predicted octanol–water partition coefficient (Wildman–Crippen LogP) is 2.15. The lowest BCUT2D eigenvalue weighted by Crippen LogP contribution is -2.41. The lowest BCUT2D eigenvalue weighted by Gasteiger charge is -2.23. The fourth-order valence-electron chi connectivity index (χ4n) is 3.08. The van der Waals surface area contributed by atoms with Gasteiger partial charge in [-0.1, -0.05) is 0 Å². The van der Waals surface area contributed by atoms with Gasteiger partial charge in [-0.3, -0.25) is 9.89 Å². The molecule has 25 heavy (non-hydrogen) atoms. The average molecular weight is 341 g/mol. The quantitative estimate of drug-likeness (QED) is 0.686. The maximum Gasteiger partial charge on any atom is 0.319 e. The van der Waals surface area contributed by atoms with E-state index in [-0.39, 0.29) is 18.0 Å². The Labute approximate surface area is 146 Å². The molecule has 1 aliphatic carbocycles. The summed E-state index contributed by atoms with van der Waals surface area (Å²) in [5.74, 6) is -0.112. The van der Waals surface area contributed by atoms with E-state index in [1.807, 2.05) is 20.0 Å². The topological polar surface area (TPSA) is 98.9 Å². The number of amides is 3. The van der Waals surface area contributed by atoms with Crippen LogP contribution in [-0.4, -0.2) is 34.7 Å². The Balaban J connectivity index is 1.59. The summed E-state index contributed by atoms with van der Waals surface area (Å²) in [6.45, 7) is 4.33. The summed E-state index contributed by atoms with van der Waals surface area (Å²) in [6, 6.07) is 5.10. The summed E-state index contributed by atoms with van der Waals surface area (Å²) in [4.78, 5) is 24.1. The number of hydrogen-bond donors (Lipinski definition) is 4. The third-order valence-corrected chi connectivity index (χ3v) is 4.43. The molecule has 1 atom stereocenters. The molecule has 7 nitrogen and oxygen atoms in total. The molecule has 1 aromatic heterocycles. The van der Waals surface area contributed by atoms with Gasteiger partial charge >= 0.3 is 6.03 Å². The van der Waals surface area contributed by atoms with Gasteiger partial charge in [0.1, 0.15) is 0 Å². The van der Waals surface area contributed by atoms with Crippen LogP contribution >= 0.6 is 0 Å². The summed E-state index contributed by atoms with van der Waals surface area (Å²) in [5.41, 5.74) is 4.46. The maximum atomic E-state index is 12.3. The van der Waals surface area contributed by atoms with Crippen LogP contribution in [0, 0.1) is 6.92 Å². The van der Waals surface area contributed by atoms with Crippen LogP contribution in [0.25, 0.3) is 0 Å². The molecular weight excluding hydrogens is 318 g/mol. The number of anilines is 1. The number of aromatic nitrogens is 2. The molecule has 1 heterocycles. The number of fused-ring (bicyclic) bond motifs is 1. The molecule has 132 valence electrons. The van der Waals surface area contributed by atoms with Crippen molar-refractivity contribution in [2.24, 2.45) is 0 Å². The van der Waals surface area contributed by atoms with Crippen LogP contribution in [0.1, 0.15) is 40.5 Å². The van der Waals surface area contributed by atoms with E-state index in [1.165, 1.54) is 5.56 Å². The highest BCUT2D eigenvalue weighted by molar-refractivity contribution is 5.96. The third kappa shape index (κ3) is 3.99. The fraction of sp³-hybridized carbons (Fsp3) is 0.389. The molecule has 0 saturated heterocycles. The van der Waals surface area contributed by atoms with Crippen LogP contribution in [0.4, 0.5) is 10.5 Å². The Morgan fingerprint density at radius 3 is 2.96 bits per heavy atom. The van der Waals surface area contributed by atoms with Crippen molar-refractivity contribution in [2.45, 2.75) is 39.2 Å². The number of hydrogen-bond acceptors (Lipinski definition) is 3. The van der Waals surface area contributed by atoms with Crippen LogP contribution in [0.5, 0.6) is 0 Å². The zero-order valence-electron chi connectivity index (χ0n) is 14.5. The van der Waals surface area contributed by atoms with Gasteiger partial charge in [-0.15, -0.1) is 0 Å². The van der Waals surface area contributed by atoms with Crippen LogP contribution in [-0.2, 0) is 12.8 Å². The largest absolute Gasteiger partial charge is 0.352 e. The van der Waals surface area contributed by atoms with Crippen LogP contribution in [0.3, 0.4) is 0 Å². The van der Waals surface area contributed by atoms with Gasteiger partial charge in [0.25, 0.3) is 5.91 Å². The first-order chi connectivity index (χ1) is 12.1. The minimum atomic E-state index is -0.234. The smallest absolute Gasteiger partial charge is 0.319 e. The summed E-state index contributed by atoms with van der Waals surface area (Å²) in [6.07, 6.45) is 4.43. The second kappa shape index (κ2) is 7.38. The van der Waals surface area contributed by atoms with Gasteiger partial charge in [0.2, 0.25) is 0 Å². The maximum absolute atomic E-state index is 12.3. The van der Waals surface area contributed by atoms with Gasteiger partial charge in [-0.05, 0) is 56.0 Å². The highest BCUT2D eigenvalue weighted by Crippen LogP contribution is 2.20. The number of rotatable bonds is 4. The first kappa shape index (κ1) is 17.0. The van der Waals surface area contributed by atoms with Crippen LogP contribution in [0.2, 0.25) is 0 Å². The molecule has 0 bridgehead atoms. The van der Waals surface area contributed by atoms with Crippen LogP contribution in [0.15, 0.2) is 24.4 Å². The summed E-state index contributed by atoms with van der Waals surface area (Å²) < 4.78 is 0. The highest BCUT2D eigenvalue weighted by atomic mass is 16.2. The van der Waals surface area contributed by atoms with Crippen molar-refractivity contribution in [2.75, 3.05) is 11.9 Å². The third-order valence-electron chi connectivity index (χ3n) is 4.43. The number of carbonyl (C=O) groups is 2. The molecule has 1 aliphatic rings. The van der Waals surface area contributed by atoms with Crippen molar-refractivity contribution in [3.63, 3.8) is 0 Å². The summed E-state index contributed by atoms with van der Waals surface area (Å²) >= 11 is 0. The molecule has 0 fully saturated rings. The van der Waals surface area contributed by atoms with Gasteiger partial charge in [-0.2, -0.15) is 5.10 Å². The first-order valence-electron chi connectivity index (χ1n) is 8.54. The molecule has 0 aliphatic heterocycles. The Morgan fingerprint density at radius 1 is 1.36 bits per heavy atom. The Bertz CT molecular complexity index is 784. The minimum Gasteiger partial charge on any atom is -0.352 e. The lowest BCUT2D eigenvalue weighted by atomic mass is 9.94. The molecule has 2 aromatic rings. The number of H-pyrrole nitrogens is 1. The first-order valence-corrected chi connectivity index (χ1v) is 8.54. The minimum absolute atomic E-state index is 0.0860. The monoisotopic (exact) mass is 341 g/mol. The molecule has 1 unspecified atom stereocenters. The molecule has 0 spiro atoms. The number of nitrogens with one attached hydrogen (secondary N) is 4. The number of aryl methyl sites for hydroxylation is 2. The predicted molar refractivity (Wildman–Crippen MR) is 95.7 cm³/mol. The van der Waals surface area contributed by atoms with Crippen molar-refractivity contribution in [1.82, 2.24) is 20.8 Å². The molecule has 1 aromatic carbocycles. The van der Waals surface area contributed by atoms with E-state index < -0.39 is 0 Å². The highest BCUT2D eigenvalue weighted by Gasteiger charge is 2.21. The summed E-state index contributed by atoms with van der Waals surface area (Å²) in [5, 5.41) is 15.7. The van der Waals surface area contributed by atoms with Gasteiger partial charge in [0.05, 0.1) is 6.20 Å². The van der Waals surface area contributed by atoms with Crippen molar-refractivity contribution < 1.29 is 9.59 Å². The van der Waals surface area contributed by atoms with E-state index in [9.17, 15) is 9.59 Å². The second-order valence-electron chi connectivity index (χ2n) is 6.30. The van der Waals surface area contributed by atoms with Gasteiger partial charge in [0.15, 0.2) is 0 Å². The van der Waals surface area contributed by atoms with Crippen molar-refractivity contribution >= 4 is 17.6 Å². The number of carbonyl (C=O) groups excluding carboxylic acids is 2. The molecule has 4 N–H and O–H groups in total. The SMILES string of the molecule is CCNC(=O)c1ccc(NC(=O)NC2CCc3cn[nH]c3C2)c(C)c1.